The van der Waals surface area contributed by atoms with Crippen molar-refractivity contribution in [2.24, 2.45) is 5.10 Å². The fraction of sp³-hybridized carbons (Fsp3) is 0.0500. The highest BCUT2D eigenvalue weighted by Crippen LogP contribution is 2.22. The predicted molar refractivity (Wildman–Crippen MR) is 101 cm³/mol. The average Bonchev–Trinajstić information content (AvgIpc) is 3.16. The monoisotopic (exact) mass is 363 g/mol. The fourth-order valence-electron chi connectivity index (χ4n) is 2.38. The van der Waals surface area contributed by atoms with Crippen LogP contribution in [0.1, 0.15) is 26.5 Å². The molecule has 0 aliphatic heterocycles. The van der Waals surface area contributed by atoms with E-state index in [-0.39, 0.29) is 0 Å². The van der Waals surface area contributed by atoms with Gasteiger partial charge in [0.25, 0.3) is 5.91 Å². The number of esters is 1. The van der Waals surface area contributed by atoms with E-state index in [0.29, 0.717) is 28.3 Å². The van der Waals surface area contributed by atoms with Crippen molar-refractivity contribution in [2.75, 3.05) is 12.8 Å². The molecule has 0 fully saturated rings. The minimum absolute atomic E-state index is 0.348. The van der Waals surface area contributed by atoms with Crippen molar-refractivity contribution in [3.05, 3.63) is 77.6 Å². The normalized spacial score (nSPS) is 10.7. The molecule has 7 heteroatoms. The number of para-hydroxylation sites is 1. The summed E-state index contributed by atoms with van der Waals surface area (Å²) in [5, 5.41) is 3.88. The maximum Gasteiger partial charge on any atom is 0.337 e. The van der Waals surface area contributed by atoms with E-state index in [9.17, 15) is 9.59 Å². The third kappa shape index (κ3) is 4.21. The van der Waals surface area contributed by atoms with Gasteiger partial charge < -0.3 is 14.9 Å². The molecule has 0 aliphatic carbocycles. The van der Waals surface area contributed by atoms with Crippen LogP contribution in [0.5, 0.6) is 0 Å². The van der Waals surface area contributed by atoms with Crippen LogP contribution in [-0.4, -0.2) is 25.2 Å². The number of nitrogens with zero attached hydrogens (tertiary/aromatic N) is 1. The molecular weight excluding hydrogens is 346 g/mol. The molecule has 3 N–H and O–H groups in total. The molecule has 0 unspecified atom stereocenters. The second kappa shape index (κ2) is 8.01. The SMILES string of the molecule is COC(=O)c1ccc(-c2ccc(/C=N/NC(=O)c3ccccc3N)o2)cc1. The molecule has 0 spiro atoms. The summed E-state index contributed by atoms with van der Waals surface area (Å²) in [6.07, 6.45) is 1.39. The molecule has 0 aliphatic rings. The Morgan fingerprint density at radius 2 is 1.81 bits per heavy atom. The van der Waals surface area contributed by atoms with Crippen molar-refractivity contribution in [3.63, 3.8) is 0 Å². The second-order valence-electron chi connectivity index (χ2n) is 5.56. The fourth-order valence-corrected chi connectivity index (χ4v) is 2.38. The van der Waals surface area contributed by atoms with E-state index in [1.807, 2.05) is 0 Å². The Kier molecular flexibility index (Phi) is 5.32. The van der Waals surface area contributed by atoms with E-state index >= 15 is 0 Å². The number of nitrogen functional groups attached to an aromatic ring is 1. The number of hydrazone groups is 1. The summed E-state index contributed by atoms with van der Waals surface area (Å²) >= 11 is 0. The molecule has 0 atom stereocenters. The smallest absolute Gasteiger partial charge is 0.337 e. The highest BCUT2D eigenvalue weighted by Gasteiger charge is 2.09. The van der Waals surface area contributed by atoms with Crippen molar-refractivity contribution in [2.45, 2.75) is 0 Å². The molecule has 136 valence electrons. The first kappa shape index (κ1) is 17.9. The summed E-state index contributed by atoms with van der Waals surface area (Å²) in [6, 6.07) is 17.0. The van der Waals surface area contributed by atoms with Crippen LogP contribution in [0.4, 0.5) is 5.69 Å². The van der Waals surface area contributed by atoms with E-state index in [4.69, 9.17) is 10.2 Å². The van der Waals surface area contributed by atoms with Crippen molar-refractivity contribution < 1.29 is 18.7 Å². The van der Waals surface area contributed by atoms with E-state index in [1.165, 1.54) is 13.3 Å². The highest BCUT2D eigenvalue weighted by molar-refractivity contribution is 5.99. The van der Waals surface area contributed by atoms with Gasteiger partial charge >= 0.3 is 5.97 Å². The van der Waals surface area contributed by atoms with Crippen molar-refractivity contribution in [1.29, 1.82) is 0 Å². The zero-order chi connectivity index (χ0) is 19.2. The number of nitrogens with two attached hydrogens (primary N) is 1. The third-order valence-corrected chi connectivity index (χ3v) is 3.78. The lowest BCUT2D eigenvalue weighted by Crippen LogP contribution is -2.18. The van der Waals surface area contributed by atoms with E-state index in [1.54, 1.807) is 60.7 Å². The number of methoxy groups -OCH3 is 1. The van der Waals surface area contributed by atoms with Gasteiger partial charge in [0, 0.05) is 11.3 Å². The molecule has 7 nitrogen and oxygen atoms in total. The quantitative estimate of drug-likeness (QED) is 0.313. The van der Waals surface area contributed by atoms with E-state index in [2.05, 4.69) is 15.3 Å². The number of rotatable bonds is 5. The molecule has 0 saturated carbocycles. The molecule has 3 aromatic rings. The minimum atomic E-state index is -0.408. The van der Waals surface area contributed by atoms with Gasteiger partial charge in [0.1, 0.15) is 11.5 Å². The summed E-state index contributed by atoms with van der Waals surface area (Å²) in [7, 11) is 1.33. The van der Waals surface area contributed by atoms with Crippen LogP contribution < -0.4 is 11.2 Å². The maximum absolute atomic E-state index is 12.0. The molecule has 3 rings (SSSR count). The van der Waals surface area contributed by atoms with Gasteiger partial charge in [-0.05, 0) is 36.4 Å². The number of anilines is 1. The molecule has 1 amide bonds. The van der Waals surface area contributed by atoms with Gasteiger partial charge in [-0.1, -0.05) is 24.3 Å². The van der Waals surface area contributed by atoms with Crippen LogP contribution in [0.2, 0.25) is 0 Å². The van der Waals surface area contributed by atoms with Gasteiger partial charge in [-0.15, -0.1) is 0 Å². The molecule has 0 radical (unpaired) electrons. The number of hydrogen-bond acceptors (Lipinski definition) is 6. The summed E-state index contributed by atoms with van der Waals surface area (Å²) < 4.78 is 10.3. The van der Waals surface area contributed by atoms with Gasteiger partial charge in [0.15, 0.2) is 0 Å². The number of carbonyl (C=O) groups is 2. The number of nitrogens with one attached hydrogen (secondary N) is 1. The predicted octanol–water partition coefficient (Wildman–Crippen LogP) is 3.08. The lowest BCUT2D eigenvalue weighted by Gasteiger charge is -2.02. The van der Waals surface area contributed by atoms with Crippen LogP contribution in [0, 0.1) is 0 Å². The van der Waals surface area contributed by atoms with Crippen LogP contribution in [0.3, 0.4) is 0 Å². The number of benzene rings is 2. The van der Waals surface area contributed by atoms with Crippen LogP contribution >= 0.6 is 0 Å². The standard InChI is InChI=1S/C20H17N3O4/c1-26-20(25)14-8-6-13(7-9-14)18-11-10-15(27-18)12-22-23-19(24)16-4-2-3-5-17(16)21/h2-12H,21H2,1H3,(H,23,24)/b22-12+. The lowest BCUT2D eigenvalue weighted by molar-refractivity contribution is 0.0600. The zero-order valence-electron chi connectivity index (χ0n) is 14.5. The van der Waals surface area contributed by atoms with Crippen LogP contribution in [0.25, 0.3) is 11.3 Å². The summed E-state index contributed by atoms with van der Waals surface area (Å²) in [5.74, 6) is 0.257. The first-order chi connectivity index (χ1) is 13.1. The van der Waals surface area contributed by atoms with Crippen LogP contribution in [-0.2, 0) is 4.74 Å². The van der Waals surface area contributed by atoms with E-state index < -0.39 is 11.9 Å². The van der Waals surface area contributed by atoms with Gasteiger partial charge in [-0.3, -0.25) is 4.79 Å². The van der Waals surface area contributed by atoms with Gasteiger partial charge in [0.2, 0.25) is 0 Å². The average molecular weight is 363 g/mol. The first-order valence-corrected chi connectivity index (χ1v) is 8.05. The topological polar surface area (TPSA) is 107 Å². The molecule has 1 aromatic heterocycles. The van der Waals surface area contributed by atoms with Gasteiger partial charge in [-0.2, -0.15) is 5.10 Å². The van der Waals surface area contributed by atoms with Crippen LogP contribution in [0.15, 0.2) is 70.2 Å². The second-order valence-corrected chi connectivity index (χ2v) is 5.56. The van der Waals surface area contributed by atoms with Crippen molar-refractivity contribution in [3.8, 4) is 11.3 Å². The molecule has 27 heavy (non-hydrogen) atoms. The number of ether oxygens (including phenoxy) is 1. The number of amides is 1. The minimum Gasteiger partial charge on any atom is -0.465 e. The Balaban J connectivity index is 1.65. The largest absolute Gasteiger partial charge is 0.465 e. The number of hydrogen-bond donors (Lipinski definition) is 2. The Morgan fingerprint density at radius 3 is 2.52 bits per heavy atom. The molecule has 0 saturated heterocycles. The first-order valence-electron chi connectivity index (χ1n) is 8.05. The van der Waals surface area contributed by atoms with Gasteiger partial charge in [-0.25, -0.2) is 10.2 Å². The third-order valence-electron chi connectivity index (χ3n) is 3.78. The Bertz CT molecular complexity index is 990. The Labute approximate surface area is 155 Å². The summed E-state index contributed by atoms with van der Waals surface area (Å²) in [6.45, 7) is 0. The maximum atomic E-state index is 12.0. The molecule has 0 bridgehead atoms. The zero-order valence-corrected chi connectivity index (χ0v) is 14.5. The summed E-state index contributed by atoms with van der Waals surface area (Å²) in [4.78, 5) is 23.5. The highest BCUT2D eigenvalue weighted by atomic mass is 16.5. The summed E-state index contributed by atoms with van der Waals surface area (Å²) in [5.41, 5.74) is 10.1. The van der Waals surface area contributed by atoms with E-state index in [0.717, 1.165) is 5.56 Å². The Hall–Kier alpha value is -3.87. The molecule has 1 heterocycles. The number of carbonyl (C=O) groups excluding carboxylic acids is 2. The Morgan fingerprint density at radius 1 is 1.07 bits per heavy atom. The number of furan rings is 1. The van der Waals surface area contributed by atoms with Crippen molar-refractivity contribution in [1.82, 2.24) is 5.43 Å². The molecular formula is C20H17N3O4. The lowest BCUT2D eigenvalue weighted by atomic mass is 10.1. The van der Waals surface area contributed by atoms with Gasteiger partial charge in [0.05, 0.1) is 24.5 Å². The molecule has 2 aromatic carbocycles. The van der Waals surface area contributed by atoms with Crippen molar-refractivity contribution >= 4 is 23.8 Å².